The molecule has 0 unspecified atom stereocenters. The first-order valence-corrected chi connectivity index (χ1v) is 12.4. The molecule has 0 spiro atoms. The van der Waals surface area contributed by atoms with E-state index in [0.29, 0.717) is 16.9 Å². The summed E-state index contributed by atoms with van der Waals surface area (Å²) in [4.78, 5) is 0. The third-order valence-corrected chi connectivity index (χ3v) is 8.26. The minimum atomic E-state index is -4.41. The van der Waals surface area contributed by atoms with Crippen LogP contribution in [0.15, 0.2) is 54.7 Å². The van der Waals surface area contributed by atoms with Crippen molar-refractivity contribution in [1.82, 2.24) is 4.40 Å². The van der Waals surface area contributed by atoms with Crippen LogP contribution >= 0.6 is 0 Å². The molecular weight excluding hydrogens is 445 g/mol. The molecule has 0 aliphatic heterocycles. The zero-order valence-corrected chi connectivity index (χ0v) is 19.8. The fourth-order valence-electron chi connectivity index (χ4n) is 6.81. The first-order valence-electron chi connectivity index (χ1n) is 12.4. The molecule has 0 atom stereocenters. The average molecular weight is 472 g/mol. The summed E-state index contributed by atoms with van der Waals surface area (Å²) >= 11 is 0. The van der Waals surface area contributed by atoms with Crippen LogP contribution in [-0.2, 0) is 19.6 Å². The summed E-state index contributed by atoms with van der Waals surface area (Å²) in [6.07, 6.45) is 3.72. The van der Waals surface area contributed by atoms with Gasteiger partial charge in [-0.2, -0.15) is 17.7 Å². The van der Waals surface area contributed by atoms with Gasteiger partial charge in [0.1, 0.15) is 12.6 Å². The number of aryl methyl sites for hydroxylation is 2. The molecule has 0 bridgehead atoms. The van der Waals surface area contributed by atoms with Gasteiger partial charge in [0.05, 0.1) is 22.0 Å². The van der Waals surface area contributed by atoms with Gasteiger partial charge in [0.2, 0.25) is 5.52 Å². The van der Waals surface area contributed by atoms with Crippen molar-refractivity contribution in [2.24, 2.45) is 13.0 Å². The number of fused-ring (bicyclic) bond motifs is 5. The van der Waals surface area contributed by atoms with E-state index in [-0.39, 0.29) is 5.39 Å². The van der Waals surface area contributed by atoms with E-state index in [2.05, 4.69) is 33.2 Å². The molecule has 0 saturated heterocycles. The number of rotatable bonds is 2. The second-order valence-corrected chi connectivity index (χ2v) is 10.4. The maximum Gasteiger partial charge on any atom is 0.417 e. The molecule has 1 fully saturated rings. The molecule has 1 aliphatic carbocycles. The van der Waals surface area contributed by atoms with E-state index in [1.165, 1.54) is 42.7 Å². The first-order chi connectivity index (χ1) is 16.8. The molecule has 0 N–H and O–H groups in total. The molecular formula is C30H26F3N2+. The van der Waals surface area contributed by atoms with Crippen LogP contribution in [0.5, 0.6) is 0 Å². The van der Waals surface area contributed by atoms with Crippen molar-refractivity contribution in [2.75, 3.05) is 0 Å². The van der Waals surface area contributed by atoms with Crippen molar-refractivity contribution in [3.63, 3.8) is 0 Å². The Labute approximate surface area is 200 Å². The number of aromatic nitrogens is 2. The predicted molar refractivity (Wildman–Crippen MR) is 135 cm³/mol. The summed E-state index contributed by atoms with van der Waals surface area (Å²) in [6, 6.07) is 15.4. The van der Waals surface area contributed by atoms with E-state index in [1.807, 2.05) is 26.2 Å². The zero-order valence-electron chi connectivity index (χ0n) is 19.8. The monoisotopic (exact) mass is 471 g/mol. The fraction of sp³-hybridized carbons (Fsp3) is 0.300. The van der Waals surface area contributed by atoms with Crippen molar-refractivity contribution >= 4 is 49.0 Å². The van der Waals surface area contributed by atoms with Crippen molar-refractivity contribution in [3.8, 4) is 0 Å². The minimum absolute atomic E-state index is 0.272. The number of nitrogens with zero attached hydrogens (tertiary/aromatic N) is 2. The molecule has 3 aromatic carbocycles. The normalized spacial score (nSPS) is 15.7. The Balaban J connectivity index is 1.75. The topological polar surface area (TPSA) is 8.29 Å². The number of benzene rings is 3. The third-order valence-electron chi connectivity index (χ3n) is 8.26. The van der Waals surface area contributed by atoms with Crippen LogP contribution in [0.1, 0.15) is 42.4 Å². The highest BCUT2D eigenvalue weighted by molar-refractivity contribution is 6.26. The fourth-order valence-corrected chi connectivity index (χ4v) is 6.81. The number of pyridine rings is 2. The van der Waals surface area contributed by atoms with Crippen LogP contribution in [0.2, 0.25) is 0 Å². The van der Waals surface area contributed by atoms with Gasteiger partial charge in [-0.05, 0) is 47.9 Å². The van der Waals surface area contributed by atoms with Crippen LogP contribution in [0.4, 0.5) is 13.2 Å². The van der Waals surface area contributed by atoms with Crippen LogP contribution in [-0.4, -0.2) is 4.40 Å². The lowest BCUT2D eigenvalue weighted by atomic mass is 9.94. The highest BCUT2D eigenvalue weighted by Gasteiger charge is 2.35. The molecule has 176 valence electrons. The largest absolute Gasteiger partial charge is 0.417 e. The molecule has 6 aromatic rings. The van der Waals surface area contributed by atoms with Crippen molar-refractivity contribution in [1.29, 1.82) is 0 Å². The van der Waals surface area contributed by atoms with Crippen LogP contribution in [0.25, 0.3) is 49.0 Å². The van der Waals surface area contributed by atoms with Gasteiger partial charge in [0, 0.05) is 22.2 Å². The van der Waals surface area contributed by atoms with E-state index in [9.17, 15) is 13.2 Å². The number of halogens is 3. The molecule has 5 heteroatoms. The SMILES string of the molecule is Cc1cc(C(F)(F)F)c2cccc3c2c1c1c2c(cc[n+]1C)c1cccc(CC4CCCC4)c1n32. The van der Waals surface area contributed by atoms with Crippen LogP contribution < -0.4 is 4.57 Å². The minimum Gasteiger partial charge on any atom is -0.303 e. The smallest absolute Gasteiger partial charge is 0.303 e. The molecule has 1 saturated carbocycles. The molecule has 7 rings (SSSR count). The van der Waals surface area contributed by atoms with Gasteiger partial charge in [-0.15, -0.1) is 0 Å². The highest BCUT2D eigenvalue weighted by Crippen LogP contribution is 2.45. The molecule has 2 nitrogen and oxygen atoms in total. The summed E-state index contributed by atoms with van der Waals surface area (Å²) in [6.45, 7) is 1.81. The summed E-state index contributed by atoms with van der Waals surface area (Å²) in [5.74, 6) is 0.674. The van der Waals surface area contributed by atoms with Crippen LogP contribution in [0.3, 0.4) is 0 Å². The molecule has 1 aliphatic rings. The number of hydrogen-bond acceptors (Lipinski definition) is 0. The lowest BCUT2D eigenvalue weighted by Crippen LogP contribution is -2.29. The molecule has 35 heavy (non-hydrogen) atoms. The summed E-state index contributed by atoms with van der Waals surface area (Å²) in [5, 5.41) is 4.21. The van der Waals surface area contributed by atoms with Gasteiger partial charge in [0.15, 0.2) is 6.20 Å². The number of para-hydroxylation sites is 1. The Morgan fingerprint density at radius 1 is 0.914 bits per heavy atom. The van der Waals surface area contributed by atoms with Gasteiger partial charge < -0.3 is 4.40 Å². The Morgan fingerprint density at radius 3 is 2.40 bits per heavy atom. The van der Waals surface area contributed by atoms with E-state index in [4.69, 9.17) is 0 Å². The van der Waals surface area contributed by atoms with E-state index in [1.54, 1.807) is 12.1 Å². The van der Waals surface area contributed by atoms with Gasteiger partial charge in [0.25, 0.3) is 0 Å². The Hall–Kier alpha value is -3.34. The lowest BCUT2D eigenvalue weighted by Gasteiger charge is -2.18. The maximum absolute atomic E-state index is 14.2. The quantitative estimate of drug-likeness (QED) is 0.138. The maximum atomic E-state index is 14.2. The van der Waals surface area contributed by atoms with Crippen LogP contribution in [0, 0.1) is 12.8 Å². The molecule has 3 heterocycles. The van der Waals surface area contributed by atoms with Crippen molar-refractivity contribution in [2.45, 2.75) is 45.2 Å². The predicted octanol–water partition coefficient (Wildman–Crippen LogP) is 7.87. The Morgan fingerprint density at radius 2 is 1.63 bits per heavy atom. The molecule has 0 amide bonds. The third kappa shape index (κ3) is 2.81. The van der Waals surface area contributed by atoms with Gasteiger partial charge >= 0.3 is 6.18 Å². The molecule has 0 radical (unpaired) electrons. The van der Waals surface area contributed by atoms with Gasteiger partial charge in [-0.25, -0.2) is 0 Å². The number of alkyl halides is 3. The summed E-state index contributed by atoms with van der Waals surface area (Å²) in [7, 11) is 1.99. The number of hydrogen-bond donors (Lipinski definition) is 0. The van der Waals surface area contributed by atoms with Crippen molar-refractivity contribution in [3.05, 3.63) is 71.4 Å². The average Bonchev–Trinajstić information content (AvgIpc) is 3.45. The summed E-state index contributed by atoms with van der Waals surface area (Å²) < 4.78 is 46.8. The van der Waals surface area contributed by atoms with Gasteiger partial charge in [-0.1, -0.05) is 56.0 Å². The standard InChI is InChI=1S/C30H26F3N2/c1-17-15-23(30(31,32)33)22-11-6-12-24-26(22)25(17)29-28-21(13-14-34(29)2)20-10-5-9-19(27(20)35(24)28)16-18-7-3-4-8-18/h5-6,9-15,18H,3-4,7-8,16H2,1-2H3/q+1. The first kappa shape index (κ1) is 21.0. The second kappa shape index (κ2) is 7.09. The second-order valence-electron chi connectivity index (χ2n) is 10.4. The van der Waals surface area contributed by atoms with E-state index in [0.717, 1.165) is 39.3 Å². The zero-order chi connectivity index (χ0) is 24.1. The summed E-state index contributed by atoms with van der Waals surface area (Å²) in [5.41, 5.74) is 5.47. The van der Waals surface area contributed by atoms with E-state index < -0.39 is 11.7 Å². The van der Waals surface area contributed by atoms with E-state index >= 15 is 0 Å². The van der Waals surface area contributed by atoms with Crippen molar-refractivity contribution < 1.29 is 17.7 Å². The van der Waals surface area contributed by atoms with Gasteiger partial charge in [-0.3, -0.25) is 0 Å². The Kier molecular flexibility index (Phi) is 4.25. The lowest BCUT2D eigenvalue weighted by molar-refractivity contribution is -0.644. The molecule has 3 aromatic heterocycles. The Bertz CT molecular complexity index is 1790. The highest BCUT2D eigenvalue weighted by atomic mass is 19.4.